The van der Waals surface area contributed by atoms with Gasteiger partial charge in [-0.2, -0.15) is 11.8 Å². The second-order valence-electron chi connectivity index (χ2n) is 12.0. The van der Waals surface area contributed by atoms with Gasteiger partial charge in [-0.3, -0.25) is 14.4 Å². The third kappa shape index (κ3) is 8.93. The molecular formula is C30H44N4O4S2. The third-order valence-corrected chi connectivity index (χ3v) is 9.88. The number of piperidine rings is 1. The number of para-hydroxylation sites is 1. The molecule has 8 nitrogen and oxygen atoms in total. The third-order valence-electron chi connectivity index (χ3n) is 7.58. The summed E-state index contributed by atoms with van der Waals surface area (Å²) >= 11 is 3.00. The molecule has 0 bridgehead atoms. The predicted molar refractivity (Wildman–Crippen MR) is 164 cm³/mol. The molecule has 2 aliphatic heterocycles. The number of thioether (sulfide) groups is 2. The van der Waals surface area contributed by atoms with Crippen LogP contribution in [0.3, 0.4) is 0 Å². The number of hydroxylamine groups is 2. The van der Waals surface area contributed by atoms with Crippen molar-refractivity contribution in [3.63, 3.8) is 0 Å². The molecule has 220 valence electrons. The van der Waals surface area contributed by atoms with Crippen LogP contribution in [-0.2, 0) is 19.2 Å². The number of hydrogen-bond donors (Lipinski definition) is 2. The lowest BCUT2D eigenvalue weighted by molar-refractivity contribution is -0.214. The Kier molecular flexibility index (Phi) is 11.3. The first-order valence-corrected chi connectivity index (χ1v) is 16.7. The van der Waals surface area contributed by atoms with E-state index in [2.05, 4.69) is 27.7 Å². The van der Waals surface area contributed by atoms with E-state index < -0.39 is 17.7 Å². The average molecular weight is 589 g/mol. The molecule has 0 unspecified atom stereocenters. The van der Waals surface area contributed by atoms with Crippen LogP contribution < -0.4 is 15.5 Å². The largest absolute Gasteiger partial charge is 0.371 e. The Bertz CT molecular complexity index is 1030. The first-order valence-electron chi connectivity index (χ1n) is 14.6. The van der Waals surface area contributed by atoms with Crippen molar-refractivity contribution >= 4 is 47.0 Å². The number of anilines is 1. The number of nitrogens with one attached hydrogen (secondary N) is 2. The van der Waals surface area contributed by atoms with Gasteiger partial charge < -0.3 is 15.5 Å². The Balaban J connectivity index is 1.37. The van der Waals surface area contributed by atoms with Crippen LogP contribution in [0.1, 0.15) is 65.7 Å². The molecule has 3 aliphatic rings. The summed E-state index contributed by atoms with van der Waals surface area (Å²) in [4.78, 5) is 46.9. The van der Waals surface area contributed by atoms with Crippen LogP contribution >= 0.6 is 23.5 Å². The lowest BCUT2D eigenvalue weighted by Crippen LogP contribution is -2.56. The molecule has 1 aromatic rings. The molecule has 2 heterocycles. The standard InChI is InChI=1S/C30H44N4O4S2/c1-30(2,3)38-34-26(21-40-27(34)18-35)29(37)32-25(20-39-19-22-10-6-4-7-11-22)28(36)31-23-14-16-33(17-15-23)24-12-8-5-9-13-24/h5,8-9,12-13,22-23,25-26H,4,6-7,10-11,14-17,19-21H2,1-3H3,(H,31,36)(H,32,37)/t25-,26-/m0/s1. The van der Waals surface area contributed by atoms with Crippen molar-refractivity contribution in [2.45, 2.75) is 89.4 Å². The highest BCUT2D eigenvalue weighted by atomic mass is 32.2. The molecule has 0 radical (unpaired) electrons. The van der Waals surface area contributed by atoms with Gasteiger partial charge in [-0.15, -0.1) is 0 Å². The molecule has 2 amide bonds. The molecule has 40 heavy (non-hydrogen) atoms. The molecule has 4 rings (SSSR count). The van der Waals surface area contributed by atoms with Crippen molar-refractivity contribution in [2.24, 2.45) is 5.92 Å². The van der Waals surface area contributed by atoms with Crippen LogP contribution in [0.5, 0.6) is 0 Å². The second kappa shape index (κ2) is 14.7. The minimum Gasteiger partial charge on any atom is -0.371 e. The Morgan fingerprint density at radius 2 is 1.80 bits per heavy atom. The van der Waals surface area contributed by atoms with E-state index in [1.54, 1.807) is 11.8 Å². The summed E-state index contributed by atoms with van der Waals surface area (Å²) in [5.74, 6) is 4.04. The predicted octanol–water partition coefficient (Wildman–Crippen LogP) is 4.39. The lowest BCUT2D eigenvalue weighted by atomic mass is 9.91. The van der Waals surface area contributed by atoms with Gasteiger partial charge in [-0.25, -0.2) is 9.86 Å². The summed E-state index contributed by atoms with van der Waals surface area (Å²) < 4.78 is 0. The molecule has 2 N–H and O–H groups in total. The Labute approximate surface area is 247 Å². The summed E-state index contributed by atoms with van der Waals surface area (Å²) in [6.45, 7) is 7.36. The van der Waals surface area contributed by atoms with E-state index in [-0.39, 0.29) is 22.9 Å². The molecule has 10 heteroatoms. The molecule has 1 aliphatic carbocycles. The summed E-state index contributed by atoms with van der Waals surface area (Å²) in [6, 6.07) is 9.07. The van der Waals surface area contributed by atoms with E-state index in [4.69, 9.17) is 4.84 Å². The summed E-state index contributed by atoms with van der Waals surface area (Å²) in [5.41, 5.74) is 0.615. The minimum atomic E-state index is -0.701. The molecule has 3 fully saturated rings. The first-order chi connectivity index (χ1) is 19.2. The number of carbonyl (C=O) groups is 2. The summed E-state index contributed by atoms with van der Waals surface area (Å²) in [6.07, 6.45) is 8.08. The quantitative estimate of drug-likeness (QED) is 0.389. The molecule has 0 spiro atoms. The Morgan fingerprint density at radius 1 is 1.10 bits per heavy atom. The highest BCUT2D eigenvalue weighted by molar-refractivity contribution is 8.03. The highest BCUT2D eigenvalue weighted by Crippen LogP contribution is 2.33. The van der Waals surface area contributed by atoms with E-state index in [0.29, 0.717) is 17.4 Å². The van der Waals surface area contributed by atoms with Gasteiger partial charge in [0.15, 0.2) is 11.0 Å². The van der Waals surface area contributed by atoms with Gasteiger partial charge >= 0.3 is 0 Å². The fourth-order valence-electron chi connectivity index (χ4n) is 5.47. The van der Waals surface area contributed by atoms with Crippen LogP contribution in [0.25, 0.3) is 0 Å². The Morgan fingerprint density at radius 3 is 2.45 bits per heavy atom. The van der Waals surface area contributed by atoms with Crippen molar-refractivity contribution in [1.82, 2.24) is 15.7 Å². The van der Waals surface area contributed by atoms with E-state index in [0.717, 1.165) is 31.7 Å². The molecule has 2 atom stereocenters. The minimum absolute atomic E-state index is 0.0718. The highest BCUT2D eigenvalue weighted by Gasteiger charge is 2.40. The van der Waals surface area contributed by atoms with Gasteiger partial charge in [0.05, 0.1) is 5.60 Å². The van der Waals surface area contributed by atoms with Gasteiger partial charge in [0.2, 0.25) is 11.8 Å². The Hall–Kier alpha value is -2.13. The normalized spacial score (nSPS) is 21.7. The van der Waals surface area contributed by atoms with Gasteiger partial charge in [0, 0.05) is 36.3 Å². The first kappa shape index (κ1) is 30.8. The fourth-order valence-corrected chi connectivity index (χ4v) is 7.69. The topological polar surface area (TPSA) is 91.0 Å². The van der Waals surface area contributed by atoms with Crippen LogP contribution in [0.15, 0.2) is 35.4 Å². The maximum absolute atomic E-state index is 13.6. The van der Waals surface area contributed by atoms with Crippen molar-refractivity contribution < 1.29 is 19.2 Å². The van der Waals surface area contributed by atoms with Crippen molar-refractivity contribution in [2.75, 3.05) is 35.2 Å². The maximum Gasteiger partial charge on any atom is 0.246 e. The number of hydrogen-bond acceptors (Lipinski definition) is 8. The SMILES string of the molecule is CC(C)(C)ON1C(=C=O)SC[C@H]1C(=O)N[C@@H](CSCC1CCCCC1)C(=O)NC1CCN(c2ccccc2)CC1. The smallest absolute Gasteiger partial charge is 0.246 e. The van der Waals surface area contributed by atoms with Crippen molar-refractivity contribution in [3.05, 3.63) is 35.4 Å². The lowest BCUT2D eigenvalue weighted by Gasteiger charge is -2.35. The molecular weight excluding hydrogens is 544 g/mol. The number of benzene rings is 1. The zero-order valence-electron chi connectivity index (χ0n) is 24.0. The van der Waals surface area contributed by atoms with Gasteiger partial charge in [-0.1, -0.05) is 49.2 Å². The number of rotatable bonds is 10. The van der Waals surface area contributed by atoms with E-state index >= 15 is 0 Å². The van der Waals surface area contributed by atoms with Crippen LogP contribution in [0.2, 0.25) is 0 Å². The second-order valence-corrected chi connectivity index (χ2v) is 14.1. The van der Waals surface area contributed by atoms with E-state index in [9.17, 15) is 14.4 Å². The molecule has 2 saturated heterocycles. The van der Waals surface area contributed by atoms with Gasteiger partial charge in [0.1, 0.15) is 12.1 Å². The van der Waals surface area contributed by atoms with E-state index in [1.165, 1.54) is 54.6 Å². The zero-order chi connectivity index (χ0) is 28.5. The zero-order valence-corrected chi connectivity index (χ0v) is 25.7. The van der Waals surface area contributed by atoms with Crippen molar-refractivity contribution in [3.8, 4) is 0 Å². The number of carbonyl (C=O) groups excluding carboxylic acids is 3. The molecule has 0 aromatic heterocycles. The van der Waals surface area contributed by atoms with Gasteiger partial charge in [-0.05, 0) is 70.3 Å². The number of nitrogens with zero attached hydrogens (tertiary/aromatic N) is 2. The van der Waals surface area contributed by atoms with Crippen LogP contribution in [-0.4, -0.2) is 76.9 Å². The van der Waals surface area contributed by atoms with Crippen molar-refractivity contribution in [1.29, 1.82) is 0 Å². The number of amides is 2. The molecule has 1 aromatic carbocycles. The maximum atomic E-state index is 13.6. The van der Waals surface area contributed by atoms with E-state index in [1.807, 2.05) is 44.9 Å². The average Bonchev–Trinajstić information content (AvgIpc) is 3.35. The summed E-state index contributed by atoms with van der Waals surface area (Å²) in [7, 11) is 0. The monoisotopic (exact) mass is 588 g/mol. The van der Waals surface area contributed by atoms with Gasteiger partial charge in [0.25, 0.3) is 0 Å². The van der Waals surface area contributed by atoms with Crippen LogP contribution in [0.4, 0.5) is 5.69 Å². The van der Waals surface area contributed by atoms with Crippen LogP contribution in [0, 0.1) is 5.92 Å². The summed E-state index contributed by atoms with van der Waals surface area (Å²) in [5, 5.41) is 7.88. The fraction of sp³-hybridized carbons (Fsp3) is 0.667. The molecule has 1 saturated carbocycles.